The van der Waals surface area contributed by atoms with Crippen LogP contribution in [0.25, 0.3) is 22.0 Å². The lowest BCUT2D eigenvalue weighted by molar-refractivity contribution is -0.659. The number of aromatic nitrogens is 1. The van der Waals surface area contributed by atoms with Crippen LogP contribution < -0.4 is 9.30 Å². The number of nitrogens with zero attached hydrogens (tertiary/aromatic N) is 1. The van der Waals surface area contributed by atoms with E-state index in [-0.39, 0.29) is 0 Å². The van der Waals surface area contributed by atoms with Gasteiger partial charge in [-0.15, -0.1) is 0 Å². The SMILES string of the molecule is COc1ccc(C)c(-c2c3ccccc3cc[n+]2C)c1. The molecule has 0 saturated carbocycles. The highest BCUT2D eigenvalue weighted by atomic mass is 16.5. The number of ether oxygens (including phenoxy) is 1. The van der Waals surface area contributed by atoms with Crippen molar-refractivity contribution >= 4 is 10.8 Å². The minimum absolute atomic E-state index is 0.888. The van der Waals surface area contributed by atoms with E-state index in [1.807, 2.05) is 6.07 Å². The molecule has 0 fully saturated rings. The topological polar surface area (TPSA) is 13.1 Å². The highest BCUT2D eigenvalue weighted by molar-refractivity contribution is 5.93. The zero-order valence-electron chi connectivity index (χ0n) is 12.1. The third kappa shape index (κ3) is 2.03. The Morgan fingerprint density at radius 3 is 2.60 bits per heavy atom. The van der Waals surface area contributed by atoms with Crippen molar-refractivity contribution in [3.63, 3.8) is 0 Å². The first-order valence-corrected chi connectivity index (χ1v) is 6.73. The van der Waals surface area contributed by atoms with Crippen molar-refractivity contribution in [3.05, 3.63) is 60.3 Å². The van der Waals surface area contributed by atoms with Gasteiger partial charge in [-0.1, -0.05) is 24.3 Å². The lowest BCUT2D eigenvalue weighted by Crippen LogP contribution is -2.30. The van der Waals surface area contributed by atoms with Crippen LogP contribution in [-0.4, -0.2) is 7.11 Å². The summed E-state index contributed by atoms with van der Waals surface area (Å²) in [5.41, 5.74) is 3.68. The molecule has 0 N–H and O–H groups in total. The van der Waals surface area contributed by atoms with Gasteiger partial charge in [0.15, 0.2) is 6.20 Å². The Hall–Kier alpha value is -2.35. The van der Waals surface area contributed by atoms with Crippen molar-refractivity contribution in [2.75, 3.05) is 7.11 Å². The second kappa shape index (κ2) is 4.97. The van der Waals surface area contributed by atoms with Crippen LogP contribution in [0.3, 0.4) is 0 Å². The molecule has 0 spiro atoms. The molecule has 3 rings (SSSR count). The summed E-state index contributed by atoms with van der Waals surface area (Å²) in [4.78, 5) is 0. The standard InChI is InChI=1S/C18H18NO/c1-13-8-9-15(20-3)12-17(13)18-16-7-5-4-6-14(16)10-11-19(18)2/h4-12H,1-3H3/q+1. The summed E-state index contributed by atoms with van der Waals surface area (Å²) in [6.45, 7) is 2.14. The van der Waals surface area contributed by atoms with E-state index in [1.165, 1.54) is 27.6 Å². The number of methoxy groups -OCH3 is 1. The number of aryl methyl sites for hydroxylation is 2. The van der Waals surface area contributed by atoms with E-state index in [9.17, 15) is 0 Å². The monoisotopic (exact) mass is 264 g/mol. The zero-order valence-corrected chi connectivity index (χ0v) is 12.1. The van der Waals surface area contributed by atoms with E-state index in [0.29, 0.717) is 0 Å². The van der Waals surface area contributed by atoms with Gasteiger partial charge in [0.2, 0.25) is 5.69 Å². The Balaban J connectivity index is 2.37. The van der Waals surface area contributed by atoms with Gasteiger partial charge in [0.05, 0.1) is 18.1 Å². The average Bonchev–Trinajstić information content (AvgIpc) is 2.48. The molecule has 0 aliphatic heterocycles. The van der Waals surface area contributed by atoms with Gasteiger partial charge in [0.25, 0.3) is 0 Å². The fourth-order valence-corrected chi connectivity index (χ4v) is 2.63. The van der Waals surface area contributed by atoms with Gasteiger partial charge in [0.1, 0.15) is 12.8 Å². The number of fused-ring (bicyclic) bond motifs is 1. The molecule has 2 heteroatoms. The number of rotatable bonds is 2. The second-order valence-electron chi connectivity index (χ2n) is 5.04. The molecule has 2 aromatic carbocycles. The lowest BCUT2D eigenvalue weighted by atomic mass is 9.99. The number of hydrogen-bond acceptors (Lipinski definition) is 1. The lowest BCUT2D eigenvalue weighted by Gasteiger charge is -2.09. The summed E-state index contributed by atoms with van der Waals surface area (Å²) in [6, 6.07) is 16.8. The Labute approximate surface area is 119 Å². The molecular weight excluding hydrogens is 246 g/mol. The van der Waals surface area contributed by atoms with Crippen LogP contribution in [0.15, 0.2) is 54.7 Å². The summed E-state index contributed by atoms with van der Waals surface area (Å²) in [5, 5.41) is 2.51. The van der Waals surface area contributed by atoms with E-state index in [4.69, 9.17) is 4.74 Å². The van der Waals surface area contributed by atoms with Crippen LogP contribution in [0.2, 0.25) is 0 Å². The predicted octanol–water partition coefficient (Wildman–Crippen LogP) is 3.65. The maximum absolute atomic E-state index is 5.37. The second-order valence-corrected chi connectivity index (χ2v) is 5.04. The van der Waals surface area contributed by atoms with Gasteiger partial charge in [-0.2, -0.15) is 0 Å². The van der Waals surface area contributed by atoms with E-state index >= 15 is 0 Å². The maximum Gasteiger partial charge on any atom is 0.220 e. The fraction of sp³-hybridized carbons (Fsp3) is 0.167. The van der Waals surface area contributed by atoms with Crippen molar-refractivity contribution in [3.8, 4) is 17.0 Å². The smallest absolute Gasteiger partial charge is 0.220 e. The molecule has 2 nitrogen and oxygen atoms in total. The third-order valence-corrected chi connectivity index (χ3v) is 3.75. The van der Waals surface area contributed by atoms with Gasteiger partial charge >= 0.3 is 0 Å². The third-order valence-electron chi connectivity index (χ3n) is 3.75. The minimum Gasteiger partial charge on any atom is -0.497 e. The quantitative estimate of drug-likeness (QED) is 0.644. The zero-order chi connectivity index (χ0) is 14.1. The molecule has 0 unspecified atom stereocenters. The van der Waals surface area contributed by atoms with Crippen molar-refractivity contribution in [1.29, 1.82) is 0 Å². The van der Waals surface area contributed by atoms with Crippen LogP contribution in [0.5, 0.6) is 5.75 Å². The van der Waals surface area contributed by atoms with Gasteiger partial charge in [-0.3, -0.25) is 0 Å². The molecular formula is C18H18NO+. The molecule has 1 heterocycles. The molecule has 1 aromatic heterocycles. The van der Waals surface area contributed by atoms with E-state index < -0.39 is 0 Å². The molecule has 0 saturated heterocycles. The van der Waals surface area contributed by atoms with Crippen molar-refractivity contribution in [1.82, 2.24) is 0 Å². The summed E-state index contributed by atoms with van der Waals surface area (Å²) in [5.74, 6) is 0.888. The number of benzene rings is 2. The van der Waals surface area contributed by atoms with Gasteiger partial charge < -0.3 is 4.74 Å². The number of hydrogen-bond donors (Lipinski definition) is 0. The van der Waals surface area contributed by atoms with Crippen molar-refractivity contribution in [2.24, 2.45) is 7.05 Å². The maximum atomic E-state index is 5.37. The Morgan fingerprint density at radius 2 is 1.80 bits per heavy atom. The molecule has 0 aliphatic rings. The van der Waals surface area contributed by atoms with Crippen molar-refractivity contribution < 1.29 is 9.30 Å². The molecule has 3 aromatic rings. The Bertz CT molecular complexity index is 777. The van der Waals surface area contributed by atoms with E-state index in [0.717, 1.165) is 5.75 Å². The summed E-state index contributed by atoms with van der Waals surface area (Å²) < 4.78 is 7.54. The van der Waals surface area contributed by atoms with Crippen LogP contribution in [0.4, 0.5) is 0 Å². The first-order chi connectivity index (χ1) is 9.70. The van der Waals surface area contributed by atoms with Crippen LogP contribution in [0.1, 0.15) is 5.56 Å². The highest BCUT2D eigenvalue weighted by Crippen LogP contribution is 2.30. The average molecular weight is 264 g/mol. The molecule has 0 aliphatic carbocycles. The number of pyridine rings is 1. The minimum atomic E-state index is 0.888. The van der Waals surface area contributed by atoms with Crippen molar-refractivity contribution in [2.45, 2.75) is 6.92 Å². The van der Waals surface area contributed by atoms with Crippen LogP contribution in [0, 0.1) is 6.92 Å². The molecule has 0 atom stereocenters. The van der Waals surface area contributed by atoms with E-state index in [2.05, 4.69) is 67.2 Å². The van der Waals surface area contributed by atoms with E-state index in [1.54, 1.807) is 7.11 Å². The normalized spacial score (nSPS) is 10.8. The summed E-state index contributed by atoms with van der Waals surface area (Å²) in [7, 11) is 3.79. The molecule has 100 valence electrons. The molecule has 20 heavy (non-hydrogen) atoms. The highest BCUT2D eigenvalue weighted by Gasteiger charge is 2.17. The Kier molecular flexibility index (Phi) is 3.15. The summed E-state index contributed by atoms with van der Waals surface area (Å²) >= 11 is 0. The molecule has 0 amide bonds. The summed E-state index contributed by atoms with van der Waals surface area (Å²) in [6.07, 6.45) is 2.11. The molecule has 0 bridgehead atoms. The van der Waals surface area contributed by atoms with Crippen LogP contribution >= 0.6 is 0 Å². The van der Waals surface area contributed by atoms with Gasteiger partial charge in [-0.25, -0.2) is 4.57 Å². The first kappa shape index (κ1) is 12.7. The molecule has 0 radical (unpaired) electrons. The van der Waals surface area contributed by atoms with Gasteiger partial charge in [-0.05, 0) is 36.1 Å². The van der Waals surface area contributed by atoms with Crippen LogP contribution in [-0.2, 0) is 7.05 Å². The Morgan fingerprint density at radius 1 is 1.00 bits per heavy atom. The fourth-order valence-electron chi connectivity index (χ4n) is 2.63. The van der Waals surface area contributed by atoms with Gasteiger partial charge in [0, 0.05) is 6.07 Å². The largest absolute Gasteiger partial charge is 0.497 e. The first-order valence-electron chi connectivity index (χ1n) is 6.73. The predicted molar refractivity (Wildman–Crippen MR) is 81.8 cm³/mol.